The SMILES string of the molecule is CCc1c(-c2cnc3[nH]cc(C(C)c4c(OC)ccc(F)c4Cl)c3c2)cnn1C1CCC(O)CC1. The molecule has 1 unspecified atom stereocenters. The molecular formula is C27H30ClFN4O2. The zero-order valence-corrected chi connectivity index (χ0v) is 20.9. The molecule has 2 N–H and O–H groups in total. The van der Waals surface area contributed by atoms with Gasteiger partial charge in [-0.3, -0.25) is 4.68 Å². The van der Waals surface area contributed by atoms with Gasteiger partial charge in [0.15, 0.2) is 0 Å². The van der Waals surface area contributed by atoms with E-state index in [-0.39, 0.29) is 17.0 Å². The normalized spacial score (nSPS) is 19.3. The van der Waals surface area contributed by atoms with Gasteiger partial charge in [-0.05, 0) is 55.9 Å². The van der Waals surface area contributed by atoms with E-state index in [2.05, 4.69) is 27.6 Å². The lowest BCUT2D eigenvalue weighted by atomic mass is 9.91. The molecule has 1 aliphatic carbocycles. The highest BCUT2D eigenvalue weighted by Crippen LogP contribution is 2.41. The third kappa shape index (κ3) is 4.21. The van der Waals surface area contributed by atoms with Crippen molar-refractivity contribution in [1.29, 1.82) is 0 Å². The highest BCUT2D eigenvalue weighted by Gasteiger charge is 2.26. The fraction of sp³-hybridized carbons (Fsp3) is 0.407. The molecule has 6 nitrogen and oxygen atoms in total. The van der Waals surface area contributed by atoms with Crippen LogP contribution < -0.4 is 4.74 Å². The number of pyridine rings is 1. The number of methoxy groups -OCH3 is 1. The molecule has 1 aliphatic rings. The number of ether oxygens (including phenoxy) is 1. The molecule has 8 heteroatoms. The second-order valence-corrected chi connectivity index (χ2v) is 9.71. The molecule has 1 aromatic carbocycles. The minimum absolute atomic E-state index is 0.0717. The number of aliphatic hydroxyl groups excluding tert-OH is 1. The number of nitrogens with zero attached hydrogens (tertiary/aromatic N) is 3. The van der Waals surface area contributed by atoms with Crippen molar-refractivity contribution in [3.63, 3.8) is 0 Å². The van der Waals surface area contributed by atoms with Crippen LogP contribution in [0.2, 0.25) is 5.02 Å². The van der Waals surface area contributed by atoms with E-state index in [0.29, 0.717) is 17.4 Å². The van der Waals surface area contributed by atoms with Crippen LogP contribution in [0.3, 0.4) is 0 Å². The Kier molecular flexibility index (Phi) is 6.55. The molecule has 1 saturated carbocycles. The minimum Gasteiger partial charge on any atom is -0.496 e. The highest BCUT2D eigenvalue weighted by molar-refractivity contribution is 6.31. The van der Waals surface area contributed by atoms with E-state index in [1.807, 2.05) is 25.5 Å². The Balaban J connectivity index is 1.56. The van der Waals surface area contributed by atoms with Crippen LogP contribution in [0.25, 0.3) is 22.2 Å². The van der Waals surface area contributed by atoms with Gasteiger partial charge in [-0.1, -0.05) is 25.4 Å². The van der Waals surface area contributed by atoms with Crippen molar-refractivity contribution in [2.24, 2.45) is 0 Å². The molecule has 0 amide bonds. The van der Waals surface area contributed by atoms with Gasteiger partial charge in [0, 0.05) is 46.1 Å². The molecule has 184 valence electrons. The molecule has 1 fully saturated rings. The Hall–Kier alpha value is -2.90. The fourth-order valence-corrected chi connectivity index (χ4v) is 5.73. The van der Waals surface area contributed by atoms with E-state index in [1.54, 1.807) is 13.2 Å². The van der Waals surface area contributed by atoms with E-state index in [9.17, 15) is 9.50 Å². The number of aliphatic hydroxyl groups is 1. The second kappa shape index (κ2) is 9.63. The zero-order valence-electron chi connectivity index (χ0n) is 20.2. The maximum absolute atomic E-state index is 14.3. The van der Waals surface area contributed by atoms with Crippen molar-refractivity contribution in [3.05, 3.63) is 64.5 Å². The first-order valence-corrected chi connectivity index (χ1v) is 12.5. The predicted molar refractivity (Wildman–Crippen MR) is 136 cm³/mol. The smallest absolute Gasteiger partial charge is 0.142 e. The Morgan fingerprint density at radius 3 is 2.74 bits per heavy atom. The zero-order chi connectivity index (χ0) is 24.7. The summed E-state index contributed by atoms with van der Waals surface area (Å²) in [5.41, 5.74) is 5.56. The van der Waals surface area contributed by atoms with Gasteiger partial charge in [0.25, 0.3) is 0 Å². The van der Waals surface area contributed by atoms with Gasteiger partial charge in [0.05, 0.1) is 30.5 Å². The first-order valence-electron chi connectivity index (χ1n) is 12.2. The van der Waals surface area contributed by atoms with Gasteiger partial charge in [-0.2, -0.15) is 5.10 Å². The quantitative estimate of drug-likeness (QED) is 0.323. The van der Waals surface area contributed by atoms with Crippen molar-refractivity contribution < 1.29 is 14.2 Å². The van der Waals surface area contributed by atoms with E-state index in [1.165, 1.54) is 11.8 Å². The number of H-pyrrole nitrogens is 1. The van der Waals surface area contributed by atoms with E-state index in [4.69, 9.17) is 21.4 Å². The molecule has 0 aliphatic heterocycles. The summed E-state index contributed by atoms with van der Waals surface area (Å²) in [6.45, 7) is 4.13. The van der Waals surface area contributed by atoms with Gasteiger partial charge >= 0.3 is 0 Å². The van der Waals surface area contributed by atoms with Crippen LogP contribution in [-0.2, 0) is 6.42 Å². The van der Waals surface area contributed by atoms with Crippen LogP contribution in [0, 0.1) is 5.82 Å². The number of benzene rings is 1. The summed E-state index contributed by atoms with van der Waals surface area (Å²) >= 11 is 6.38. The lowest BCUT2D eigenvalue weighted by Gasteiger charge is -2.27. The molecule has 35 heavy (non-hydrogen) atoms. The Bertz CT molecular complexity index is 1360. The number of hydrogen-bond donors (Lipinski definition) is 2. The van der Waals surface area contributed by atoms with Crippen LogP contribution in [0.15, 0.2) is 36.8 Å². The number of rotatable bonds is 6. The first-order chi connectivity index (χ1) is 16.9. The fourth-order valence-electron chi connectivity index (χ4n) is 5.41. The van der Waals surface area contributed by atoms with Crippen LogP contribution in [0.1, 0.15) is 68.3 Å². The Morgan fingerprint density at radius 1 is 1.26 bits per heavy atom. The number of nitrogens with one attached hydrogen (secondary N) is 1. The van der Waals surface area contributed by atoms with E-state index in [0.717, 1.165) is 59.8 Å². The van der Waals surface area contributed by atoms with Crippen molar-refractivity contribution in [1.82, 2.24) is 19.7 Å². The van der Waals surface area contributed by atoms with E-state index >= 15 is 0 Å². The van der Waals surface area contributed by atoms with E-state index < -0.39 is 5.82 Å². The number of halogens is 2. The summed E-state index contributed by atoms with van der Waals surface area (Å²) in [7, 11) is 1.56. The topological polar surface area (TPSA) is 76.0 Å². The summed E-state index contributed by atoms with van der Waals surface area (Å²) in [5.74, 6) is -0.140. The third-order valence-electron chi connectivity index (χ3n) is 7.33. The molecule has 1 atom stereocenters. The van der Waals surface area contributed by atoms with Crippen LogP contribution >= 0.6 is 11.6 Å². The number of aromatic nitrogens is 4. The van der Waals surface area contributed by atoms with Crippen LogP contribution in [-0.4, -0.2) is 38.1 Å². The highest BCUT2D eigenvalue weighted by atomic mass is 35.5. The molecule has 0 bridgehead atoms. The van der Waals surface area contributed by atoms with Crippen LogP contribution in [0.4, 0.5) is 4.39 Å². The van der Waals surface area contributed by atoms with Crippen LogP contribution in [0.5, 0.6) is 5.75 Å². The van der Waals surface area contributed by atoms with Gasteiger partial charge in [-0.15, -0.1) is 0 Å². The molecule has 0 saturated heterocycles. The second-order valence-electron chi connectivity index (χ2n) is 9.33. The number of aromatic amines is 1. The summed E-state index contributed by atoms with van der Waals surface area (Å²) < 4.78 is 22.0. The molecule has 3 heterocycles. The average Bonchev–Trinajstić information content (AvgIpc) is 3.49. The van der Waals surface area contributed by atoms with Crippen molar-refractivity contribution in [3.8, 4) is 16.9 Å². The van der Waals surface area contributed by atoms with Gasteiger partial charge < -0.3 is 14.8 Å². The summed E-state index contributed by atoms with van der Waals surface area (Å²) in [6.07, 6.45) is 9.84. The lowest BCUT2D eigenvalue weighted by Crippen LogP contribution is -2.23. The molecular weight excluding hydrogens is 467 g/mol. The maximum atomic E-state index is 14.3. The van der Waals surface area contributed by atoms with Gasteiger partial charge in [0.1, 0.15) is 17.2 Å². The summed E-state index contributed by atoms with van der Waals surface area (Å²) in [4.78, 5) is 7.93. The standard InChI is InChI=1S/C27H30ClFN4O2/c1-4-23-21(14-32-33(23)17-5-7-18(34)8-6-17)16-11-19-20(13-31-27(19)30-12-16)15(2)25-24(35-3)10-9-22(29)26(25)28/h9-15,17-18,34H,4-8H2,1-3H3,(H,30,31). The maximum Gasteiger partial charge on any atom is 0.142 e. The summed E-state index contributed by atoms with van der Waals surface area (Å²) in [6, 6.07) is 5.36. The van der Waals surface area contributed by atoms with Crippen molar-refractivity contribution in [2.45, 2.75) is 64.0 Å². The van der Waals surface area contributed by atoms with Crippen molar-refractivity contribution >= 4 is 22.6 Å². The minimum atomic E-state index is -0.469. The lowest BCUT2D eigenvalue weighted by molar-refractivity contribution is 0.107. The van der Waals surface area contributed by atoms with Gasteiger partial charge in [0.2, 0.25) is 0 Å². The molecule has 0 spiro atoms. The average molecular weight is 497 g/mol. The number of hydrogen-bond acceptors (Lipinski definition) is 4. The van der Waals surface area contributed by atoms with Crippen molar-refractivity contribution in [2.75, 3.05) is 7.11 Å². The molecule has 4 aromatic rings. The first kappa shape index (κ1) is 23.8. The number of fused-ring (bicyclic) bond motifs is 1. The largest absolute Gasteiger partial charge is 0.496 e. The molecule has 3 aromatic heterocycles. The molecule has 5 rings (SSSR count). The third-order valence-corrected chi connectivity index (χ3v) is 7.72. The summed E-state index contributed by atoms with van der Waals surface area (Å²) in [5, 5.41) is 15.7. The van der Waals surface area contributed by atoms with Gasteiger partial charge in [-0.25, -0.2) is 9.37 Å². The predicted octanol–water partition coefficient (Wildman–Crippen LogP) is 6.42. The Morgan fingerprint density at radius 2 is 2.03 bits per heavy atom. The molecule has 0 radical (unpaired) electrons. The Labute approximate surface area is 209 Å². The monoisotopic (exact) mass is 496 g/mol.